The molecule has 0 N–H and O–H groups in total. The first-order valence-corrected chi connectivity index (χ1v) is 9.37. The lowest BCUT2D eigenvalue weighted by Gasteiger charge is -2.40. The lowest BCUT2D eigenvalue weighted by molar-refractivity contribution is -0.136. The van der Waals surface area contributed by atoms with Crippen molar-refractivity contribution in [3.05, 3.63) is 42.0 Å². The quantitative estimate of drug-likeness (QED) is 0.744. The van der Waals surface area contributed by atoms with Gasteiger partial charge in [-0.3, -0.25) is 4.79 Å². The maximum Gasteiger partial charge on any atom is 0.790 e. The van der Waals surface area contributed by atoms with Crippen LogP contribution in [0.3, 0.4) is 0 Å². The van der Waals surface area contributed by atoms with Gasteiger partial charge in [-0.2, -0.15) is 0 Å². The van der Waals surface area contributed by atoms with Crippen molar-refractivity contribution in [3.8, 4) is 0 Å². The summed E-state index contributed by atoms with van der Waals surface area (Å²) in [6.07, 6.45) is 10.7. The number of hydrogen-bond acceptors (Lipinski definition) is 4. The summed E-state index contributed by atoms with van der Waals surface area (Å²) in [5.41, 5.74) is 0.473. The second-order valence-corrected chi connectivity index (χ2v) is 7.23. The van der Waals surface area contributed by atoms with Crippen LogP contribution in [-0.4, -0.2) is 18.9 Å². The minimum Gasteiger partial charge on any atom is -0.500 e. The van der Waals surface area contributed by atoms with E-state index in [-0.39, 0.29) is 0 Å². The zero-order valence-electron chi connectivity index (χ0n) is 15.2. The van der Waals surface area contributed by atoms with Crippen molar-refractivity contribution >= 4 is 19.0 Å². The molecule has 1 fully saturated rings. The second-order valence-electron chi connectivity index (χ2n) is 7.23. The highest BCUT2D eigenvalue weighted by Crippen LogP contribution is 2.40. The second kappa shape index (κ2) is 8.09. The third-order valence-electron chi connectivity index (χ3n) is 5.23. The van der Waals surface area contributed by atoms with Gasteiger partial charge in [-0.25, -0.2) is 0 Å². The Morgan fingerprint density at radius 2 is 1.76 bits per heavy atom. The monoisotopic (exact) mass is 342 g/mol. The molecular formula is C20H27BO4. The van der Waals surface area contributed by atoms with Gasteiger partial charge in [0, 0.05) is 12.5 Å². The molecule has 1 aliphatic carbocycles. The fourth-order valence-electron chi connectivity index (χ4n) is 3.84. The summed E-state index contributed by atoms with van der Waals surface area (Å²) in [6.45, 7) is 3.47. The molecule has 5 heteroatoms. The molecule has 0 saturated heterocycles. The van der Waals surface area contributed by atoms with Gasteiger partial charge in [-0.15, -0.1) is 0 Å². The Labute approximate surface area is 150 Å². The zero-order chi connectivity index (χ0) is 17.7. The van der Waals surface area contributed by atoms with Crippen molar-refractivity contribution < 1.29 is 18.8 Å². The highest BCUT2D eigenvalue weighted by atomic mass is 16.8. The molecule has 1 aliphatic heterocycles. The van der Waals surface area contributed by atoms with Gasteiger partial charge < -0.3 is 14.0 Å². The molecule has 0 bridgehead atoms. The molecule has 1 heterocycles. The van der Waals surface area contributed by atoms with Gasteiger partial charge in [0.2, 0.25) is 0 Å². The van der Waals surface area contributed by atoms with E-state index >= 15 is 0 Å². The lowest BCUT2D eigenvalue weighted by atomic mass is 9.77. The van der Waals surface area contributed by atoms with Crippen LogP contribution in [0, 0.1) is 5.92 Å². The van der Waals surface area contributed by atoms with Crippen molar-refractivity contribution in [3.63, 3.8) is 0 Å². The Balaban J connectivity index is 1.89. The number of benzene rings is 1. The summed E-state index contributed by atoms with van der Waals surface area (Å²) in [7, 11) is -0.992. The van der Waals surface area contributed by atoms with E-state index < -0.39 is 18.9 Å². The van der Waals surface area contributed by atoms with Gasteiger partial charge >= 0.3 is 7.32 Å². The van der Waals surface area contributed by atoms with Gasteiger partial charge in [-0.1, -0.05) is 62.4 Å². The summed E-state index contributed by atoms with van der Waals surface area (Å²) >= 11 is 0. The molecule has 0 radical (unpaired) electrons. The van der Waals surface area contributed by atoms with Crippen molar-refractivity contribution in [1.29, 1.82) is 0 Å². The predicted octanol–water partition coefficient (Wildman–Crippen LogP) is 4.74. The van der Waals surface area contributed by atoms with Gasteiger partial charge in [0.15, 0.2) is 0 Å². The minimum absolute atomic E-state index is 0.397. The van der Waals surface area contributed by atoms with Gasteiger partial charge in [0.05, 0.1) is 5.60 Å². The fourth-order valence-corrected chi connectivity index (χ4v) is 3.84. The summed E-state index contributed by atoms with van der Waals surface area (Å²) in [5, 5.41) is 0. The van der Waals surface area contributed by atoms with Gasteiger partial charge in [0.25, 0.3) is 5.97 Å². The zero-order valence-corrected chi connectivity index (χ0v) is 15.2. The molecule has 0 amide bonds. The van der Waals surface area contributed by atoms with E-state index in [0.29, 0.717) is 5.92 Å². The molecule has 1 aromatic rings. The van der Waals surface area contributed by atoms with Crippen LogP contribution in [0.5, 0.6) is 0 Å². The molecule has 0 spiro atoms. The van der Waals surface area contributed by atoms with Crippen molar-refractivity contribution in [2.45, 2.75) is 64.4 Å². The smallest absolute Gasteiger partial charge is 0.500 e. The highest BCUT2D eigenvalue weighted by Gasteiger charge is 2.46. The minimum atomic E-state index is -0.992. The summed E-state index contributed by atoms with van der Waals surface area (Å²) < 4.78 is 17.2. The summed E-state index contributed by atoms with van der Waals surface area (Å²) in [6, 6.07) is 9.92. The van der Waals surface area contributed by atoms with Crippen LogP contribution in [-0.2, 0) is 18.8 Å². The highest BCUT2D eigenvalue weighted by molar-refractivity contribution is 6.41. The Kier molecular flexibility index (Phi) is 5.84. The van der Waals surface area contributed by atoms with Crippen LogP contribution in [0.4, 0.5) is 0 Å². The van der Waals surface area contributed by atoms with E-state index in [1.165, 1.54) is 39.0 Å². The molecule has 134 valence electrons. The molecule has 1 unspecified atom stereocenters. The van der Waals surface area contributed by atoms with Gasteiger partial charge in [0.1, 0.15) is 5.76 Å². The molecule has 1 aromatic carbocycles. The van der Waals surface area contributed by atoms with Crippen LogP contribution >= 0.6 is 0 Å². The lowest BCUT2D eigenvalue weighted by Crippen LogP contribution is -2.47. The fraction of sp³-hybridized carbons (Fsp3) is 0.550. The van der Waals surface area contributed by atoms with Crippen LogP contribution < -0.4 is 0 Å². The third kappa shape index (κ3) is 4.66. The van der Waals surface area contributed by atoms with Crippen LogP contribution in [0.25, 0.3) is 5.76 Å². The SMILES string of the molecule is CC(=O)OB1OC(c2ccccc2)=CC(C)(C2CCCCCCC2)O1. The normalized spacial score (nSPS) is 25.4. The summed E-state index contributed by atoms with van der Waals surface area (Å²) in [4.78, 5) is 11.4. The molecule has 4 nitrogen and oxygen atoms in total. The largest absolute Gasteiger partial charge is 0.790 e. The number of carbonyl (C=O) groups is 1. The number of hydrogen-bond donors (Lipinski definition) is 0. The molecule has 0 aromatic heterocycles. The molecular weight excluding hydrogens is 315 g/mol. The topological polar surface area (TPSA) is 44.8 Å². The third-order valence-corrected chi connectivity index (χ3v) is 5.23. The first-order valence-electron chi connectivity index (χ1n) is 9.37. The molecule has 2 aliphatic rings. The number of carbonyl (C=O) groups excluding carboxylic acids is 1. The molecule has 1 saturated carbocycles. The average molecular weight is 342 g/mol. The predicted molar refractivity (Wildman–Crippen MR) is 98.3 cm³/mol. The van der Waals surface area contributed by atoms with E-state index in [9.17, 15) is 4.79 Å². The molecule has 25 heavy (non-hydrogen) atoms. The van der Waals surface area contributed by atoms with Crippen molar-refractivity contribution in [2.24, 2.45) is 5.92 Å². The maximum absolute atomic E-state index is 11.4. The summed E-state index contributed by atoms with van der Waals surface area (Å²) in [5.74, 6) is 0.718. The first-order chi connectivity index (χ1) is 12.1. The van der Waals surface area contributed by atoms with E-state index in [1.807, 2.05) is 30.3 Å². The van der Waals surface area contributed by atoms with E-state index in [1.54, 1.807) is 0 Å². The van der Waals surface area contributed by atoms with E-state index in [0.717, 1.165) is 24.2 Å². The van der Waals surface area contributed by atoms with Crippen LogP contribution in [0.2, 0.25) is 0 Å². The van der Waals surface area contributed by atoms with Crippen LogP contribution in [0.15, 0.2) is 36.4 Å². The first kappa shape index (κ1) is 18.1. The Morgan fingerprint density at radius 3 is 2.40 bits per heavy atom. The number of rotatable bonds is 3. The van der Waals surface area contributed by atoms with Crippen LogP contribution in [0.1, 0.15) is 64.4 Å². The Morgan fingerprint density at radius 1 is 1.12 bits per heavy atom. The maximum atomic E-state index is 11.4. The average Bonchev–Trinajstić information content (AvgIpc) is 2.54. The van der Waals surface area contributed by atoms with Crippen molar-refractivity contribution in [2.75, 3.05) is 0 Å². The van der Waals surface area contributed by atoms with Crippen molar-refractivity contribution in [1.82, 2.24) is 0 Å². The molecule has 1 atom stereocenters. The molecule has 3 rings (SSSR count). The van der Waals surface area contributed by atoms with E-state index in [2.05, 4.69) is 13.0 Å². The standard InChI is InChI=1S/C20H27BO4/c1-16(22)23-21-24-19(17-11-7-6-8-12-17)15-20(2,25-21)18-13-9-4-3-5-10-14-18/h6-8,11-12,15,18H,3-5,9-10,13-14H2,1-2H3. The van der Waals surface area contributed by atoms with Gasteiger partial charge in [-0.05, 0) is 31.8 Å². The van der Waals surface area contributed by atoms with E-state index in [4.69, 9.17) is 14.0 Å². The Bertz CT molecular complexity index is 607. The Hall–Kier alpha value is -1.75.